The average molecular weight is 797 g/mol. The van der Waals surface area contributed by atoms with Crippen molar-refractivity contribution < 1.29 is 17.6 Å². The lowest BCUT2D eigenvalue weighted by Crippen LogP contribution is -1.95. The quantitative estimate of drug-likeness (QED) is 0.0474. The molecule has 0 aliphatic heterocycles. The molecule has 6 aromatic rings. The summed E-state index contributed by atoms with van der Waals surface area (Å²) in [5.41, 5.74) is 8.77. The van der Waals surface area contributed by atoms with Crippen LogP contribution in [0.2, 0.25) is 0 Å². The van der Waals surface area contributed by atoms with Gasteiger partial charge in [0.25, 0.3) is 0 Å². The molecule has 0 saturated heterocycles. The van der Waals surface area contributed by atoms with Gasteiger partial charge in [-0.2, -0.15) is 0 Å². The number of rotatable bonds is 22. The molecule has 308 valence electrons. The van der Waals surface area contributed by atoms with Crippen LogP contribution in [-0.4, -0.2) is 0 Å². The number of hydrogen-bond donors (Lipinski definition) is 0. The fourth-order valence-electron chi connectivity index (χ4n) is 8.09. The fourth-order valence-corrected chi connectivity index (χ4v) is 8.09. The van der Waals surface area contributed by atoms with Crippen LogP contribution in [-0.2, 0) is 25.7 Å². The minimum Gasteiger partial charge on any atom is -0.203 e. The molecule has 0 saturated carbocycles. The second kappa shape index (κ2) is 22.4. The number of hydrogen-bond acceptors (Lipinski definition) is 0. The van der Waals surface area contributed by atoms with E-state index in [1.807, 2.05) is 97.1 Å². The molecule has 0 N–H and O–H groups in total. The fraction of sp³-hybridized carbons (Fsp3) is 0.345. The molecule has 4 heteroatoms. The molecule has 0 unspecified atom stereocenters. The van der Waals surface area contributed by atoms with Crippen molar-refractivity contribution in [3.8, 4) is 44.5 Å². The lowest BCUT2D eigenvalue weighted by Gasteiger charge is -2.11. The molecule has 0 spiro atoms. The number of benzene rings is 6. The summed E-state index contributed by atoms with van der Waals surface area (Å²) in [7, 11) is 0. The molecule has 0 aliphatic rings. The standard InChI is InChI=1S/C55H60F4/c1-3-5-12-16-40-20-28-44(29-21-40)48-36-38-50(54(58)52(48)56)46-32-24-42(25-33-46)18-14-10-8-7-9-11-15-19-43-26-34-47(35-27-43)51-39-37-49(53(57)55(51)59)45-30-22-41(23-31-45)17-13-6-4-2/h20-39H,3-19H2,1-2H3. The van der Waals surface area contributed by atoms with E-state index in [9.17, 15) is 0 Å². The van der Waals surface area contributed by atoms with E-state index in [1.165, 1.54) is 67.2 Å². The molecule has 59 heavy (non-hydrogen) atoms. The average Bonchev–Trinajstić information content (AvgIpc) is 3.26. The maximum absolute atomic E-state index is 15.3. The van der Waals surface area contributed by atoms with E-state index in [0.29, 0.717) is 33.4 Å². The highest BCUT2D eigenvalue weighted by atomic mass is 19.2. The Morgan fingerprint density at radius 3 is 0.678 bits per heavy atom. The van der Waals surface area contributed by atoms with Gasteiger partial charge >= 0.3 is 0 Å². The lowest BCUT2D eigenvalue weighted by atomic mass is 9.96. The molecule has 0 nitrogen and oxygen atoms in total. The second-order valence-corrected chi connectivity index (χ2v) is 16.3. The Balaban J connectivity index is 0.877. The molecule has 0 bridgehead atoms. The lowest BCUT2D eigenvalue weighted by molar-refractivity contribution is 0.514. The van der Waals surface area contributed by atoms with E-state index < -0.39 is 23.3 Å². The van der Waals surface area contributed by atoms with Crippen LogP contribution in [0.1, 0.15) is 120 Å². The minimum atomic E-state index is -0.804. The van der Waals surface area contributed by atoms with Crippen LogP contribution in [0.5, 0.6) is 0 Å². The van der Waals surface area contributed by atoms with Gasteiger partial charge in [-0.3, -0.25) is 0 Å². The Labute approximate surface area is 350 Å². The van der Waals surface area contributed by atoms with Gasteiger partial charge in [-0.05, 0) is 95.9 Å². The van der Waals surface area contributed by atoms with Crippen LogP contribution in [0.3, 0.4) is 0 Å². The van der Waals surface area contributed by atoms with E-state index >= 15 is 17.6 Å². The van der Waals surface area contributed by atoms with Gasteiger partial charge in [-0.15, -0.1) is 0 Å². The van der Waals surface area contributed by atoms with E-state index in [-0.39, 0.29) is 11.1 Å². The second-order valence-electron chi connectivity index (χ2n) is 16.3. The molecule has 0 atom stereocenters. The van der Waals surface area contributed by atoms with Crippen molar-refractivity contribution in [1.29, 1.82) is 0 Å². The molecule has 0 fully saturated rings. The maximum atomic E-state index is 15.3. The Hall–Kier alpha value is -4.96. The SMILES string of the molecule is CCCCCc1ccc(-c2ccc(-c3ccc(CCCCCCCCCc4ccc(-c5ccc(-c6ccc(CCCCC)cc6)c(F)c5F)cc4)cc3)c(F)c2F)cc1. The van der Waals surface area contributed by atoms with Gasteiger partial charge in [0.15, 0.2) is 23.3 Å². The van der Waals surface area contributed by atoms with Crippen molar-refractivity contribution >= 4 is 0 Å². The summed E-state index contributed by atoms with van der Waals surface area (Å²) in [5, 5.41) is 0. The van der Waals surface area contributed by atoms with Gasteiger partial charge in [0, 0.05) is 22.3 Å². The topological polar surface area (TPSA) is 0 Å². The van der Waals surface area contributed by atoms with Crippen LogP contribution in [0, 0.1) is 23.3 Å². The van der Waals surface area contributed by atoms with Gasteiger partial charge in [-0.1, -0.05) is 193 Å². The number of halogens is 4. The monoisotopic (exact) mass is 796 g/mol. The molecular formula is C55H60F4. The Bertz CT molecular complexity index is 2020. The normalized spacial score (nSPS) is 11.4. The maximum Gasteiger partial charge on any atom is 0.167 e. The predicted octanol–water partition coefficient (Wildman–Crippen LogP) is 16.9. The van der Waals surface area contributed by atoms with Crippen molar-refractivity contribution in [3.05, 3.63) is 167 Å². The Morgan fingerprint density at radius 1 is 0.254 bits per heavy atom. The van der Waals surface area contributed by atoms with Crippen molar-refractivity contribution in [3.63, 3.8) is 0 Å². The third-order valence-electron chi connectivity index (χ3n) is 11.8. The highest BCUT2D eigenvalue weighted by Gasteiger charge is 2.18. The first-order valence-electron chi connectivity index (χ1n) is 22.2. The highest BCUT2D eigenvalue weighted by Crippen LogP contribution is 2.34. The zero-order valence-electron chi connectivity index (χ0n) is 35.1. The van der Waals surface area contributed by atoms with Crippen molar-refractivity contribution in [1.82, 2.24) is 0 Å². The van der Waals surface area contributed by atoms with Crippen LogP contribution in [0.25, 0.3) is 44.5 Å². The van der Waals surface area contributed by atoms with E-state index in [1.54, 1.807) is 24.3 Å². The first kappa shape index (κ1) is 43.6. The summed E-state index contributed by atoms with van der Waals surface area (Å²) in [6, 6.07) is 38.1. The van der Waals surface area contributed by atoms with Crippen LogP contribution in [0.4, 0.5) is 17.6 Å². The first-order chi connectivity index (χ1) is 28.9. The summed E-state index contributed by atoms with van der Waals surface area (Å²) < 4.78 is 61.1. The summed E-state index contributed by atoms with van der Waals surface area (Å²) in [4.78, 5) is 0. The zero-order chi connectivity index (χ0) is 41.4. The van der Waals surface area contributed by atoms with Crippen LogP contribution >= 0.6 is 0 Å². The molecule has 0 amide bonds. The Kier molecular flexibility index (Phi) is 16.6. The molecule has 0 radical (unpaired) electrons. The number of unbranched alkanes of at least 4 members (excludes halogenated alkanes) is 10. The third kappa shape index (κ3) is 12.1. The summed E-state index contributed by atoms with van der Waals surface area (Å²) in [5.74, 6) is -3.21. The summed E-state index contributed by atoms with van der Waals surface area (Å²) in [6.07, 6.45) is 19.0. The molecule has 0 aromatic heterocycles. The number of aryl methyl sites for hydroxylation is 4. The largest absolute Gasteiger partial charge is 0.203 e. The van der Waals surface area contributed by atoms with Gasteiger partial charge in [-0.25, -0.2) is 17.6 Å². The first-order valence-corrected chi connectivity index (χ1v) is 22.2. The van der Waals surface area contributed by atoms with Crippen molar-refractivity contribution in [2.75, 3.05) is 0 Å². The predicted molar refractivity (Wildman–Crippen MR) is 241 cm³/mol. The van der Waals surface area contributed by atoms with E-state index in [4.69, 9.17) is 0 Å². The molecule has 0 heterocycles. The molecular weight excluding hydrogens is 737 g/mol. The van der Waals surface area contributed by atoms with Gasteiger partial charge in [0.05, 0.1) is 0 Å². The Morgan fingerprint density at radius 2 is 0.458 bits per heavy atom. The summed E-state index contributed by atoms with van der Waals surface area (Å²) in [6.45, 7) is 4.37. The van der Waals surface area contributed by atoms with Crippen LogP contribution in [0.15, 0.2) is 121 Å². The zero-order valence-corrected chi connectivity index (χ0v) is 35.1. The van der Waals surface area contributed by atoms with Gasteiger partial charge in [0.1, 0.15) is 0 Å². The minimum absolute atomic E-state index is 0.286. The van der Waals surface area contributed by atoms with E-state index in [2.05, 4.69) is 13.8 Å². The van der Waals surface area contributed by atoms with Crippen molar-refractivity contribution in [2.45, 2.75) is 123 Å². The van der Waals surface area contributed by atoms with Crippen molar-refractivity contribution in [2.24, 2.45) is 0 Å². The van der Waals surface area contributed by atoms with Crippen LogP contribution < -0.4 is 0 Å². The third-order valence-corrected chi connectivity index (χ3v) is 11.8. The highest BCUT2D eigenvalue weighted by molar-refractivity contribution is 5.73. The smallest absolute Gasteiger partial charge is 0.167 e. The molecule has 0 aliphatic carbocycles. The summed E-state index contributed by atoms with van der Waals surface area (Å²) >= 11 is 0. The van der Waals surface area contributed by atoms with Gasteiger partial charge in [0.2, 0.25) is 0 Å². The van der Waals surface area contributed by atoms with E-state index in [0.717, 1.165) is 64.2 Å². The van der Waals surface area contributed by atoms with Gasteiger partial charge < -0.3 is 0 Å². The molecule has 6 rings (SSSR count). The molecule has 6 aromatic carbocycles.